The Morgan fingerprint density at radius 3 is 1.98 bits per heavy atom. The minimum absolute atomic E-state index is 0.0257. The summed E-state index contributed by atoms with van der Waals surface area (Å²) in [6, 6.07) is 6.21. The predicted molar refractivity (Wildman–Crippen MR) is 151 cm³/mol. The van der Waals surface area contributed by atoms with Gasteiger partial charge in [0, 0.05) is 37.4 Å². The molecule has 0 saturated carbocycles. The quantitative estimate of drug-likeness (QED) is 0.286. The molecule has 2 aliphatic rings. The van der Waals surface area contributed by atoms with Crippen molar-refractivity contribution in [3.63, 3.8) is 0 Å². The van der Waals surface area contributed by atoms with E-state index in [2.05, 4.69) is 5.32 Å². The Hall–Kier alpha value is -4.03. The first-order chi connectivity index (χ1) is 20.2. The molecule has 7 nitrogen and oxygen atoms in total. The smallest absolute Gasteiger partial charge is 0.416 e. The van der Waals surface area contributed by atoms with E-state index < -0.39 is 58.1 Å². The van der Waals surface area contributed by atoms with Gasteiger partial charge in [0.25, 0.3) is 0 Å². The minimum atomic E-state index is -5.11. The average Bonchev–Trinajstić information content (AvgIpc) is 3.24. The van der Waals surface area contributed by atoms with Gasteiger partial charge in [0.15, 0.2) is 0 Å². The van der Waals surface area contributed by atoms with E-state index in [0.717, 1.165) is 11.1 Å². The summed E-state index contributed by atoms with van der Waals surface area (Å²) in [5.41, 5.74) is -3.77. The number of anilines is 2. The van der Waals surface area contributed by atoms with Crippen molar-refractivity contribution >= 4 is 29.3 Å². The number of rotatable bonds is 4. The number of carbonyl (C=O) groups is 3. The van der Waals surface area contributed by atoms with Crippen molar-refractivity contribution in [1.82, 2.24) is 4.90 Å². The summed E-state index contributed by atoms with van der Waals surface area (Å²) in [4.78, 5) is 43.1. The van der Waals surface area contributed by atoms with Crippen LogP contribution in [0.4, 0.5) is 42.5 Å². The number of aryl methyl sites for hydroxylation is 2. The fraction of sp³-hybridized carbons (Fsp3) is 0.452. The molecule has 13 heteroatoms. The van der Waals surface area contributed by atoms with Crippen molar-refractivity contribution in [1.29, 1.82) is 0 Å². The average molecular weight is 626 g/mol. The maximum atomic E-state index is 14.1. The van der Waals surface area contributed by atoms with Gasteiger partial charge in [0.1, 0.15) is 5.60 Å². The summed E-state index contributed by atoms with van der Waals surface area (Å²) in [5.74, 6) is -1.36. The molecule has 0 bridgehead atoms. The standard InChI is InChI=1S/C31H33F6N3O4/c1-18-7-6-8-19(2)25(18)40-17-29(16-24(40)41,20-9-11-39(12-10-20)27(43)44-28(3,4)5)26(42)38-23-14-21(30(32,33)34)13-22(15-23)31(35,36)37/h6-9,13-15H,10-12,16-17H2,1-5H3,(H,38,42). The van der Waals surface area contributed by atoms with E-state index in [-0.39, 0.29) is 38.5 Å². The number of nitrogens with zero attached hydrogens (tertiary/aromatic N) is 2. The third kappa shape index (κ3) is 6.86. The Morgan fingerprint density at radius 2 is 1.50 bits per heavy atom. The zero-order chi connectivity index (χ0) is 32.8. The first-order valence-electron chi connectivity index (χ1n) is 13.9. The molecule has 0 aliphatic carbocycles. The van der Waals surface area contributed by atoms with Crippen LogP contribution in [0.15, 0.2) is 48.0 Å². The largest absolute Gasteiger partial charge is 0.444 e. The van der Waals surface area contributed by atoms with E-state index in [1.807, 2.05) is 0 Å². The summed E-state index contributed by atoms with van der Waals surface area (Å²) in [6.45, 7) is 8.64. The Bertz CT molecular complexity index is 1460. The SMILES string of the molecule is Cc1cccc(C)c1N1CC(C(=O)Nc2cc(C(F)(F)F)cc(C(F)(F)F)c2)(C2=CCN(C(=O)OC(C)(C)C)CC2)CC1=O. The van der Waals surface area contributed by atoms with Crippen LogP contribution < -0.4 is 10.2 Å². The molecule has 1 unspecified atom stereocenters. The van der Waals surface area contributed by atoms with Crippen molar-refractivity contribution in [2.24, 2.45) is 5.41 Å². The number of carbonyl (C=O) groups excluding carboxylic acids is 3. The van der Waals surface area contributed by atoms with Gasteiger partial charge in [0.2, 0.25) is 11.8 Å². The molecule has 1 fully saturated rings. The molecular formula is C31H33F6N3O4. The highest BCUT2D eigenvalue weighted by molar-refractivity contribution is 6.08. The number of benzene rings is 2. The molecule has 2 aromatic carbocycles. The Labute approximate surface area is 250 Å². The maximum Gasteiger partial charge on any atom is 0.416 e. The van der Waals surface area contributed by atoms with Crippen molar-refractivity contribution in [2.45, 2.75) is 65.4 Å². The van der Waals surface area contributed by atoms with Crippen LogP contribution in [0.2, 0.25) is 0 Å². The molecule has 0 spiro atoms. The minimum Gasteiger partial charge on any atom is -0.444 e. The van der Waals surface area contributed by atoms with Gasteiger partial charge in [-0.3, -0.25) is 9.59 Å². The highest BCUT2D eigenvalue weighted by Crippen LogP contribution is 2.46. The van der Waals surface area contributed by atoms with Crippen LogP contribution >= 0.6 is 0 Å². The number of alkyl halides is 6. The third-order valence-electron chi connectivity index (χ3n) is 7.65. The summed E-state index contributed by atoms with van der Waals surface area (Å²) < 4.78 is 86.6. The summed E-state index contributed by atoms with van der Waals surface area (Å²) in [5, 5.41) is 2.27. The summed E-state index contributed by atoms with van der Waals surface area (Å²) in [6.07, 6.45) is -9.47. The molecule has 0 radical (unpaired) electrons. The van der Waals surface area contributed by atoms with Gasteiger partial charge in [-0.15, -0.1) is 0 Å². The van der Waals surface area contributed by atoms with Crippen molar-refractivity contribution in [2.75, 3.05) is 29.9 Å². The van der Waals surface area contributed by atoms with Crippen molar-refractivity contribution in [3.8, 4) is 0 Å². The van der Waals surface area contributed by atoms with Gasteiger partial charge in [0.05, 0.1) is 16.5 Å². The Balaban J connectivity index is 1.76. The van der Waals surface area contributed by atoms with E-state index in [1.54, 1.807) is 58.9 Å². The first kappa shape index (κ1) is 32.9. The van der Waals surface area contributed by atoms with Gasteiger partial charge < -0.3 is 19.9 Å². The number of amides is 3. The molecule has 4 rings (SSSR count). The molecular weight excluding hydrogens is 592 g/mol. The van der Waals surface area contributed by atoms with Crippen LogP contribution in [-0.2, 0) is 26.7 Å². The summed E-state index contributed by atoms with van der Waals surface area (Å²) in [7, 11) is 0. The fourth-order valence-corrected chi connectivity index (χ4v) is 5.59. The van der Waals surface area contributed by atoms with Crippen LogP contribution in [-0.4, -0.2) is 48.0 Å². The molecule has 238 valence electrons. The number of hydrogen-bond donors (Lipinski definition) is 1. The number of halogens is 6. The van der Waals surface area contributed by atoms with E-state index in [4.69, 9.17) is 4.74 Å². The lowest BCUT2D eigenvalue weighted by Gasteiger charge is -2.36. The van der Waals surface area contributed by atoms with Gasteiger partial charge in [-0.05, 0) is 70.4 Å². The van der Waals surface area contributed by atoms with Crippen LogP contribution in [0, 0.1) is 19.3 Å². The normalized spacial score (nSPS) is 19.6. The maximum absolute atomic E-state index is 14.1. The molecule has 2 aromatic rings. The van der Waals surface area contributed by atoms with Crippen molar-refractivity contribution in [3.05, 3.63) is 70.3 Å². The molecule has 2 aliphatic heterocycles. The highest BCUT2D eigenvalue weighted by Gasteiger charge is 2.53. The Kier molecular flexibility index (Phi) is 8.57. The molecule has 1 N–H and O–H groups in total. The number of para-hydroxylation sites is 1. The zero-order valence-corrected chi connectivity index (χ0v) is 24.9. The van der Waals surface area contributed by atoms with Crippen LogP contribution in [0.5, 0.6) is 0 Å². The molecule has 44 heavy (non-hydrogen) atoms. The van der Waals surface area contributed by atoms with Crippen LogP contribution in [0.1, 0.15) is 55.9 Å². The lowest BCUT2D eigenvalue weighted by Crippen LogP contribution is -2.45. The second kappa shape index (κ2) is 11.5. The molecule has 2 heterocycles. The molecule has 1 atom stereocenters. The molecule has 1 saturated heterocycles. The van der Waals surface area contributed by atoms with Crippen molar-refractivity contribution < 1.29 is 45.5 Å². The monoisotopic (exact) mass is 625 g/mol. The third-order valence-corrected chi connectivity index (χ3v) is 7.65. The number of nitrogens with one attached hydrogen (secondary N) is 1. The van der Waals surface area contributed by atoms with Gasteiger partial charge in [-0.25, -0.2) is 4.79 Å². The van der Waals surface area contributed by atoms with E-state index in [1.165, 1.54) is 9.80 Å². The topological polar surface area (TPSA) is 79.0 Å². The van der Waals surface area contributed by atoms with E-state index in [0.29, 0.717) is 23.4 Å². The van der Waals surface area contributed by atoms with Gasteiger partial charge >= 0.3 is 18.4 Å². The van der Waals surface area contributed by atoms with Gasteiger partial charge in [-0.1, -0.05) is 29.8 Å². The van der Waals surface area contributed by atoms with E-state index >= 15 is 0 Å². The van der Waals surface area contributed by atoms with Crippen LogP contribution in [0.3, 0.4) is 0 Å². The second-order valence-electron chi connectivity index (χ2n) is 12.1. The van der Waals surface area contributed by atoms with Gasteiger partial charge in [-0.2, -0.15) is 26.3 Å². The second-order valence-corrected chi connectivity index (χ2v) is 12.1. The highest BCUT2D eigenvalue weighted by atomic mass is 19.4. The lowest BCUT2D eigenvalue weighted by atomic mass is 9.75. The summed E-state index contributed by atoms with van der Waals surface area (Å²) >= 11 is 0. The van der Waals surface area contributed by atoms with Crippen LogP contribution in [0.25, 0.3) is 0 Å². The predicted octanol–water partition coefficient (Wildman–Crippen LogP) is 7.27. The first-order valence-corrected chi connectivity index (χ1v) is 13.9. The number of ether oxygens (including phenoxy) is 1. The lowest BCUT2D eigenvalue weighted by molar-refractivity contribution is -0.143. The Morgan fingerprint density at radius 1 is 0.932 bits per heavy atom. The number of hydrogen-bond acceptors (Lipinski definition) is 4. The fourth-order valence-electron chi connectivity index (χ4n) is 5.59. The van der Waals surface area contributed by atoms with E-state index in [9.17, 15) is 40.7 Å². The molecule has 0 aromatic heterocycles. The molecule has 3 amide bonds. The zero-order valence-electron chi connectivity index (χ0n) is 24.9.